The van der Waals surface area contributed by atoms with Gasteiger partial charge in [0.2, 0.25) is 0 Å². The Balaban J connectivity index is 2.06. The first-order chi connectivity index (χ1) is 11.5. The fourth-order valence-electron chi connectivity index (χ4n) is 3.13. The van der Waals surface area contributed by atoms with Crippen molar-refractivity contribution < 1.29 is 17.9 Å². The zero-order chi connectivity index (χ0) is 17.4. The van der Waals surface area contributed by atoms with Gasteiger partial charge in [-0.3, -0.25) is 0 Å². The van der Waals surface area contributed by atoms with Crippen LogP contribution in [0.4, 0.5) is 0 Å². The molecule has 2 aromatic carbocycles. The third kappa shape index (κ3) is 2.29. The molecule has 0 radical (unpaired) electrons. The van der Waals surface area contributed by atoms with Crippen LogP contribution in [-0.4, -0.2) is 27.1 Å². The van der Waals surface area contributed by atoms with Crippen molar-refractivity contribution in [2.24, 2.45) is 5.41 Å². The zero-order valence-corrected chi connectivity index (χ0v) is 13.7. The topological polar surface area (TPSA) is 84.2 Å². The maximum absolute atomic E-state index is 12.9. The van der Waals surface area contributed by atoms with Crippen molar-refractivity contribution in [3.05, 3.63) is 60.2 Å². The Hall–Kier alpha value is -2.65. The summed E-state index contributed by atoms with van der Waals surface area (Å²) in [7, 11) is -2.27. The minimum Gasteiger partial charge on any atom is -0.497 e. The fraction of sp³-hybridized carbons (Fsp3) is 0.222. The van der Waals surface area contributed by atoms with Crippen LogP contribution in [0.25, 0.3) is 0 Å². The Morgan fingerprint density at radius 2 is 1.75 bits per heavy atom. The minimum atomic E-state index is -3.80. The highest BCUT2D eigenvalue weighted by molar-refractivity contribution is 7.92. The number of hydrogen-bond acceptors (Lipinski definition) is 5. The van der Waals surface area contributed by atoms with Crippen LogP contribution in [0, 0.1) is 16.7 Å². The van der Waals surface area contributed by atoms with E-state index in [1.807, 2.05) is 6.07 Å². The van der Waals surface area contributed by atoms with Gasteiger partial charge in [0.15, 0.2) is 9.84 Å². The lowest BCUT2D eigenvalue weighted by atomic mass is 10.0. The van der Waals surface area contributed by atoms with Crippen LogP contribution >= 0.6 is 0 Å². The molecule has 0 bridgehead atoms. The van der Waals surface area contributed by atoms with E-state index in [-0.39, 0.29) is 4.90 Å². The lowest BCUT2D eigenvalue weighted by Gasteiger charge is -2.04. The van der Waals surface area contributed by atoms with E-state index < -0.39 is 26.4 Å². The summed E-state index contributed by atoms with van der Waals surface area (Å²) in [6.45, 7) is 0. The van der Waals surface area contributed by atoms with Crippen LogP contribution in [0.2, 0.25) is 0 Å². The number of methoxy groups -OCH3 is 1. The molecule has 5 nitrogen and oxygen atoms in total. The largest absolute Gasteiger partial charge is 0.497 e. The molecule has 0 amide bonds. The summed E-state index contributed by atoms with van der Waals surface area (Å²) in [5.41, 5.74) is -0.919. The van der Waals surface area contributed by atoms with E-state index in [1.54, 1.807) is 42.5 Å². The molecule has 122 valence electrons. The van der Waals surface area contributed by atoms with Crippen molar-refractivity contribution >= 4 is 16.1 Å². The second-order valence-corrected chi connectivity index (χ2v) is 7.76. The van der Waals surface area contributed by atoms with Crippen molar-refractivity contribution in [1.82, 2.24) is 0 Å². The number of aldehydes is 1. The molecular formula is C18H15NO4S. The van der Waals surface area contributed by atoms with E-state index in [4.69, 9.17) is 4.74 Å². The van der Waals surface area contributed by atoms with Gasteiger partial charge in [-0.05, 0) is 29.8 Å². The standard InChI is InChI=1S/C18H15NO4S/c1-23-14-9-7-13(8-10-14)16-17(18(16,11-19)12-20)24(21,22)15-5-3-2-4-6-15/h2-10,12,16-17H,1H3/t16-,17-,18-/m0/s1. The van der Waals surface area contributed by atoms with Gasteiger partial charge >= 0.3 is 0 Å². The Labute approximate surface area is 140 Å². The molecule has 0 aromatic heterocycles. The predicted molar refractivity (Wildman–Crippen MR) is 87.3 cm³/mol. The van der Waals surface area contributed by atoms with Crippen LogP contribution in [-0.2, 0) is 14.6 Å². The van der Waals surface area contributed by atoms with Crippen molar-refractivity contribution in [2.75, 3.05) is 7.11 Å². The molecule has 6 heteroatoms. The Kier molecular flexibility index (Phi) is 3.90. The van der Waals surface area contributed by atoms with Gasteiger partial charge in [-0.15, -0.1) is 0 Å². The second-order valence-electron chi connectivity index (χ2n) is 5.69. The van der Waals surface area contributed by atoms with Crippen molar-refractivity contribution in [3.8, 4) is 11.8 Å². The Morgan fingerprint density at radius 1 is 1.12 bits per heavy atom. The van der Waals surface area contributed by atoms with Crippen LogP contribution in [0.1, 0.15) is 11.5 Å². The van der Waals surface area contributed by atoms with Gasteiger partial charge < -0.3 is 9.53 Å². The molecule has 1 saturated carbocycles. The number of rotatable bonds is 5. The van der Waals surface area contributed by atoms with Gasteiger partial charge in [0, 0.05) is 5.92 Å². The van der Waals surface area contributed by atoms with Crippen LogP contribution in [0.15, 0.2) is 59.5 Å². The van der Waals surface area contributed by atoms with E-state index in [2.05, 4.69) is 0 Å². The first-order valence-corrected chi connectivity index (χ1v) is 8.86. The summed E-state index contributed by atoms with van der Waals surface area (Å²) in [6, 6.07) is 16.6. The first-order valence-electron chi connectivity index (χ1n) is 7.31. The highest BCUT2D eigenvalue weighted by atomic mass is 32.2. The molecular weight excluding hydrogens is 326 g/mol. The normalized spacial score (nSPS) is 25.5. The van der Waals surface area contributed by atoms with Gasteiger partial charge in [0.05, 0.1) is 18.1 Å². The molecule has 2 aromatic rings. The fourth-order valence-corrected chi connectivity index (χ4v) is 5.39. The van der Waals surface area contributed by atoms with E-state index in [0.717, 1.165) is 0 Å². The monoisotopic (exact) mass is 341 g/mol. The summed E-state index contributed by atoms with van der Waals surface area (Å²) < 4.78 is 30.9. The predicted octanol–water partition coefficient (Wildman–Crippen LogP) is 2.34. The van der Waals surface area contributed by atoms with Crippen molar-refractivity contribution in [2.45, 2.75) is 16.1 Å². The molecule has 0 spiro atoms. The SMILES string of the molecule is COc1ccc([C@H]2[C@H](S(=O)(=O)c3ccccc3)[C@@]2(C#N)C=O)cc1. The molecule has 0 unspecified atom stereocenters. The number of carbonyl (C=O) groups is 1. The zero-order valence-electron chi connectivity index (χ0n) is 12.9. The van der Waals surface area contributed by atoms with Crippen molar-refractivity contribution in [3.63, 3.8) is 0 Å². The van der Waals surface area contributed by atoms with Gasteiger partial charge in [-0.1, -0.05) is 30.3 Å². The Bertz CT molecular complexity index is 900. The lowest BCUT2D eigenvalue weighted by Crippen LogP contribution is -2.16. The van der Waals surface area contributed by atoms with Gasteiger partial charge in [-0.2, -0.15) is 5.26 Å². The molecule has 1 aliphatic rings. The summed E-state index contributed by atoms with van der Waals surface area (Å²) in [5, 5.41) is 8.42. The molecule has 1 aliphatic carbocycles. The highest BCUT2D eigenvalue weighted by Crippen LogP contribution is 2.62. The van der Waals surface area contributed by atoms with Crippen LogP contribution < -0.4 is 4.74 Å². The lowest BCUT2D eigenvalue weighted by molar-refractivity contribution is -0.110. The number of nitriles is 1. The van der Waals surface area contributed by atoms with E-state index >= 15 is 0 Å². The summed E-state index contributed by atoms with van der Waals surface area (Å²) in [6.07, 6.45) is 0.465. The number of sulfone groups is 1. The third-order valence-electron chi connectivity index (χ3n) is 4.45. The molecule has 24 heavy (non-hydrogen) atoms. The van der Waals surface area contributed by atoms with Gasteiger partial charge in [0.25, 0.3) is 0 Å². The Morgan fingerprint density at radius 3 is 2.25 bits per heavy atom. The molecule has 0 aliphatic heterocycles. The molecule has 3 rings (SSSR count). The maximum atomic E-state index is 12.9. The van der Waals surface area contributed by atoms with E-state index in [0.29, 0.717) is 17.6 Å². The molecule has 0 N–H and O–H groups in total. The number of benzene rings is 2. The average molecular weight is 341 g/mol. The number of carbonyl (C=O) groups excluding carboxylic acids is 1. The van der Waals surface area contributed by atoms with Crippen molar-refractivity contribution in [1.29, 1.82) is 5.26 Å². The molecule has 3 atom stereocenters. The summed E-state index contributed by atoms with van der Waals surface area (Å²) in [4.78, 5) is 11.7. The number of hydrogen-bond donors (Lipinski definition) is 0. The summed E-state index contributed by atoms with van der Waals surface area (Å²) >= 11 is 0. The van der Waals surface area contributed by atoms with E-state index in [9.17, 15) is 18.5 Å². The highest BCUT2D eigenvalue weighted by Gasteiger charge is 2.72. The average Bonchev–Trinajstić information content (AvgIpc) is 3.33. The maximum Gasteiger partial charge on any atom is 0.183 e. The molecule has 0 saturated heterocycles. The van der Waals surface area contributed by atoms with Gasteiger partial charge in [-0.25, -0.2) is 8.42 Å². The van der Waals surface area contributed by atoms with Crippen LogP contribution in [0.3, 0.4) is 0 Å². The quantitative estimate of drug-likeness (QED) is 0.779. The first kappa shape index (κ1) is 16.2. The smallest absolute Gasteiger partial charge is 0.183 e. The molecule has 0 heterocycles. The van der Waals surface area contributed by atoms with E-state index in [1.165, 1.54) is 19.2 Å². The second kappa shape index (κ2) is 5.77. The van der Waals surface area contributed by atoms with Crippen LogP contribution in [0.5, 0.6) is 5.75 Å². The third-order valence-corrected chi connectivity index (χ3v) is 6.71. The summed E-state index contributed by atoms with van der Waals surface area (Å²) in [5.74, 6) is -0.0633. The van der Waals surface area contributed by atoms with Gasteiger partial charge in [0.1, 0.15) is 22.7 Å². The minimum absolute atomic E-state index is 0.118. The number of nitrogens with zero attached hydrogens (tertiary/aromatic N) is 1. The molecule has 1 fully saturated rings. The number of ether oxygens (including phenoxy) is 1.